The van der Waals surface area contributed by atoms with Gasteiger partial charge in [0, 0.05) is 0 Å². The summed E-state index contributed by atoms with van der Waals surface area (Å²) in [6.45, 7) is 7.70. The van der Waals surface area contributed by atoms with Gasteiger partial charge in [0.15, 0.2) is 0 Å². The van der Waals surface area contributed by atoms with Gasteiger partial charge in [-0.1, -0.05) is 0 Å². The topological polar surface area (TPSA) is 0 Å². The van der Waals surface area contributed by atoms with Crippen molar-refractivity contribution in [3.63, 3.8) is 0 Å². The number of rotatable bonds is 6. The Morgan fingerprint density at radius 1 is 0.426 bits per heavy atom. The summed E-state index contributed by atoms with van der Waals surface area (Å²) in [4.78, 5) is 0. The van der Waals surface area contributed by atoms with Crippen LogP contribution in [0.2, 0.25) is 17.7 Å². The Kier molecular flexibility index (Phi) is 6.76. The Hall–Kier alpha value is -4.63. The van der Waals surface area contributed by atoms with E-state index in [1.807, 2.05) is 0 Å². The molecule has 8 aromatic rings. The molecule has 8 aromatic carbocycles. The van der Waals surface area contributed by atoms with Gasteiger partial charge in [-0.15, -0.1) is 0 Å². The summed E-state index contributed by atoms with van der Waals surface area (Å²) in [6.07, 6.45) is 5.21. The minimum absolute atomic E-state index is 0.259. The standard InChI is InChI=1S/2C23H15.2C2H5.2CH3.Hf.H2Si/c2*1-2-8-19-15-20(14-18(19)7-1)22-11-5-9-17-13-12-16-6-3-4-10-21(16)23(17)22;2*1-2;;;;/h2*1-15H;2*1H2,2H3;2*1H3;;1H2. The molecular formula is C52H48HfSi. The Morgan fingerprint density at radius 3 is 1.24 bits per heavy atom. The van der Waals surface area contributed by atoms with E-state index in [2.05, 4.69) is 200 Å². The van der Waals surface area contributed by atoms with Crippen LogP contribution in [0, 0.1) is 0 Å². The summed E-state index contributed by atoms with van der Waals surface area (Å²) in [5, 5.41) is 10.7. The zero-order chi connectivity index (χ0) is 37.0. The molecule has 0 aliphatic heterocycles. The molecule has 0 heterocycles. The maximum absolute atomic E-state index is 5.58. The van der Waals surface area contributed by atoms with Gasteiger partial charge in [0.1, 0.15) is 0 Å². The van der Waals surface area contributed by atoms with E-state index in [1.54, 1.807) is 0 Å². The van der Waals surface area contributed by atoms with E-state index in [1.165, 1.54) is 87.6 Å². The Morgan fingerprint density at radius 2 is 0.796 bits per heavy atom. The molecule has 2 atom stereocenters. The summed E-state index contributed by atoms with van der Waals surface area (Å²) in [7, 11) is 0. The normalized spacial score (nSPS) is 18.8. The second-order valence-electron chi connectivity index (χ2n) is 19.3. The Bertz CT molecular complexity index is 2920. The fourth-order valence-electron chi connectivity index (χ4n) is 11.9. The first-order chi connectivity index (χ1) is 26.0. The van der Waals surface area contributed by atoms with Crippen LogP contribution in [0.4, 0.5) is 0 Å². The summed E-state index contributed by atoms with van der Waals surface area (Å²) in [6, 6.07) is 60.2. The van der Waals surface area contributed by atoms with Crippen molar-refractivity contribution in [2.75, 3.05) is 0 Å². The van der Waals surface area contributed by atoms with Crippen molar-refractivity contribution in [2.45, 2.75) is 38.9 Å². The van der Waals surface area contributed by atoms with Crippen LogP contribution < -0.4 is 0 Å². The molecule has 2 aliphatic carbocycles. The summed E-state index contributed by atoms with van der Waals surface area (Å²) in [5.74, 6) is 0. The number of hydrogen-bond donors (Lipinski definition) is 0. The average Bonchev–Trinajstić information content (AvgIpc) is 3.83. The van der Waals surface area contributed by atoms with Crippen LogP contribution in [0.25, 0.3) is 66.4 Å². The molecule has 2 unspecified atom stereocenters. The van der Waals surface area contributed by atoms with Crippen LogP contribution in [-0.2, 0) is 14.2 Å². The van der Waals surface area contributed by atoms with Crippen molar-refractivity contribution in [3.05, 3.63) is 191 Å². The van der Waals surface area contributed by atoms with Gasteiger partial charge in [-0.3, -0.25) is 0 Å². The molecule has 0 nitrogen and oxygen atoms in total. The quantitative estimate of drug-likeness (QED) is 0.115. The predicted molar refractivity (Wildman–Crippen MR) is 238 cm³/mol. The minimum atomic E-state index is -5.58. The molecule has 0 N–H and O–H groups in total. The van der Waals surface area contributed by atoms with Gasteiger partial charge in [-0.25, -0.2) is 0 Å². The average molecular weight is 880 g/mol. The molecule has 0 saturated carbocycles. The first-order valence-corrected chi connectivity index (χ1v) is 44.7. The van der Waals surface area contributed by atoms with Crippen LogP contribution >= 0.6 is 0 Å². The molecule has 264 valence electrons. The molecule has 0 spiro atoms. The monoisotopic (exact) mass is 880 g/mol. The maximum atomic E-state index is 2.91. The van der Waals surface area contributed by atoms with Gasteiger partial charge in [0.05, 0.1) is 0 Å². The Labute approximate surface area is 315 Å². The molecular weight excluding hydrogens is 831 g/mol. The van der Waals surface area contributed by atoms with Crippen molar-refractivity contribution in [1.29, 1.82) is 0 Å². The second kappa shape index (κ2) is 10.8. The van der Waals surface area contributed by atoms with E-state index in [4.69, 9.17) is 0 Å². The first kappa shape index (κ1) is 33.9. The van der Waals surface area contributed by atoms with E-state index in [0.717, 1.165) is 8.35 Å². The fraction of sp³-hybridized carbons (Fsp3) is 0.154. The van der Waals surface area contributed by atoms with Gasteiger partial charge >= 0.3 is 318 Å². The van der Waals surface area contributed by atoms with Gasteiger partial charge < -0.3 is 0 Å². The van der Waals surface area contributed by atoms with Crippen molar-refractivity contribution in [2.24, 2.45) is 0 Å². The van der Waals surface area contributed by atoms with E-state index in [-0.39, 0.29) is 7.35 Å². The van der Waals surface area contributed by atoms with E-state index in [0.29, 0.717) is 0 Å². The van der Waals surface area contributed by atoms with Crippen LogP contribution in [0.1, 0.15) is 54.6 Å². The summed E-state index contributed by atoms with van der Waals surface area (Å²) in [5.41, 5.74) is 11.6. The second-order valence-corrected chi connectivity index (χ2v) is 97.5. The molecule has 0 fully saturated rings. The predicted octanol–water partition coefficient (Wildman–Crippen LogP) is 14.5. The van der Waals surface area contributed by atoms with Crippen LogP contribution in [0.5, 0.6) is 0 Å². The molecule has 2 aliphatic rings. The van der Waals surface area contributed by atoms with Gasteiger partial charge in [-0.05, 0) is 0 Å². The number of hydrogen-bond acceptors (Lipinski definition) is 0. The summed E-state index contributed by atoms with van der Waals surface area (Å²) < 4.78 is 8.65. The Balaban J connectivity index is 1.34. The third-order valence-corrected chi connectivity index (χ3v) is 78.0. The molecule has 2 heteroatoms. The van der Waals surface area contributed by atoms with Crippen molar-refractivity contribution < 1.29 is 14.2 Å². The molecule has 54 heavy (non-hydrogen) atoms. The van der Waals surface area contributed by atoms with Crippen molar-refractivity contribution in [1.82, 2.24) is 0 Å². The van der Waals surface area contributed by atoms with E-state index >= 15 is 0 Å². The summed E-state index contributed by atoms with van der Waals surface area (Å²) >= 11 is -5.58. The van der Waals surface area contributed by atoms with Gasteiger partial charge in [0.2, 0.25) is 0 Å². The zero-order valence-corrected chi connectivity index (χ0v) is 36.9. The SMILES string of the molecule is C[CH2][Hf]([CH3])([CH3])(=[SiH2])([CH2]C)([CH]1C(c2cccc3ccc4ccccc4c23)=Cc2ccccc21)[CH]1C(c2cccc3ccc4ccccc4c23)=Cc2ccccc21. The third-order valence-electron chi connectivity index (χ3n) is 16.0. The fourth-order valence-corrected chi connectivity index (χ4v) is 52.5. The molecule has 0 amide bonds. The van der Waals surface area contributed by atoms with Gasteiger partial charge in [0.25, 0.3) is 0 Å². The van der Waals surface area contributed by atoms with E-state index < -0.39 is 14.2 Å². The third kappa shape index (κ3) is 4.33. The zero-order valence-electron chi connectivity index (χ0n) is 31.9. The molecule has 10 rings (SSSR count). The van der Waals surface area contributed by atoms with Crippen molar-refractivity contribution in [3.8, 4) is 0 Å². The molecule has 0 saturated heterocycles. The van der Waals surface area contributed by atoms with Gasteiger partial charge in [-0.2, -0.15) is 0 Å². The van der Waals surface area contributed by atoms with Crippen LogP contribution in [-0.4, -0.2) is 6.94 Å². The van der Waals surface area contributed by atoms with E-state index in [9.17, 15) is 0 Å². The van der Waals surface area contributed by atoms with Crippen molar-refractivity contribution >= 4 is 73.3 Å². The molecule has 0 aromatic heterocycles. The first-order valence-electron chi connectivity index (χ1n) is 20.0. The number of allylic oxidation sites excluding steroid dienone is 2. The molecule has 0 bridgehead atoms. The number of fused-ring (bicyclic) bond motifs is 8. The van der Waals surface area contributed by atoms with Crippen LogP contribution in [0.3, 0.4) is 0 Å². The molecule has 0 radical (unpaired) electrons. The van der Waals surface area contributed by atoms with Crippen LogP contribution in [0.15, 0.2) is 158 Å². The number of benzene rings is 8.